The van der Waals surface area contributed by atoms with Crippen molar-refractivity contribution in [2.45, 2.75) is 18.5 Å². The van der Waals surface area contributed by atoms with Gasteiger partial charge < -0.3 is 20.9 Å². The number of carbonyl (C=O) groups is 1. The molecule has 1 aromatic carbocycles. The third kappa shape index (κ3) is 3.41. The molecule has 0 aromatic heterocycles. The van der Waals surface area contributed by atoms with E-state index in [1.165, 1.54) is 19.2 Å². The summed E-state index contributed by atoms with van der Waals surface area (Å²) in [5.74, 6) is -1.42. The highest BCUT2D eigenvalue weighted by molar-refractivity contribution is 5.73. The molecule has 0 fully saturated rings. The van der Waals surface area contributed by atoms with Gasteiger partial charge in [0.05, 0.1) is 7.11 Å². The molecule has 5 nitrogen and oxygen atoms in total. The van der Waals surface area contributed by atoms with Crippen molar-refractivity contribution in [2.75, 3.05) is 14.2 Å². The van der Waals surface area contributed by atoms with Crippen molar-refractivity contribution in [3.8, 4) is 5.75 Å². The van der Waals surface area contributed by atoms with E-state index in [0.717, 1.165) is 0 Å². The summed E-state index contributed by atoms with van der Waals surface area (Å²) in [4.78, 5) is 10.7. The van der Waals surface area contributed by atoms with Crippen molar-refractivity contribution in [3.05, 3.63) is 29.6 Å². The highest BCUT2D eigenvalue weighted by Gasteiger charge is 2.19. The molecule has 1 aromatic rings. The van der Waals surface area contributed by atoms with E-state index in [4.69, 9.17) is 15.6 Å². The van der Waals surface area contributed by atoms with Crippen LogP contribution in [0.4, 0.5) is 4.39 Å². The van der Waals surface area contributed by atoms with Gasteiger partial charge in [0, 0.05) is 6.04 Å². The van der Waals surface area contributed by atoms with Crippen LogP contribution in [0.25, 0.3) is 0 Å². The summed E-state index contributed by atoms with van der Waals surface area (Å²) < 4.78 is 18.4. The molecule has 4 N–H and O–H groups in total. The predicted octanol–water partition coefficient (Wildman–Crippen LogP) is 0.897. The number of nitrogens with one attached hydrogen (secondary N) is 1. The third-order valence-electron chi connectivity index (χ3n) is 2.73. The Balaban J connectivity index is 2.88. The summed E-state index contributed by atoms with van der Waals surface area (Å²) in [6.45, 7) is 0. The fourth-order valence-electron chi connectivity index (χ4n) is 1.67. The van der Waals surface area contributed by atoms with Gasteiger partial charge in [0.2, 0.25) is 0 Å². The first-order chi connectivity index (χ1) is 8.49. The number of rotatable bonds is 6. The van der Waals surface area contributed by atoms with Crippen molar-refractivity contribution in [2.24, 2.45) is 5.73 Å². The maximum atomic E-state index is 13.5. The van der Waals surface area contributed by atoms with Crippen LogP contribution in [0.5, 0.6) is 5.75 Å². The highest BCUT2D eigenvalue weighted by Crippen LogP contribution is 2.24. The number of aliphatic carboxylic acids is 1. The van der Waals surface area contributed by atoms with Crippen molar-refractivity contribution in [1.82, 2.24) is 5.32 Å². The fourth-order valence-corrected chi connectivity index (χ4v) is 1.67. The first-order valence-electron chi connectivity index (χ1n) is 5.48. The van der Waals surface area contributed by atoms with Gasteiger partial charge in [0.15, 0.2) is 11.6 Å². The lowest BCUT2D eigenvalue weighted by Gasteiger charge is -2.19. The molecule has 0 radical (unpaired) electrons. The molecule has 2 unspecified atom stereocenters. The van der Waals surface area contributed by atoms with Gasteiger partial charge in [0.25, 0.3) is 0 Å². The Hall–Kier alpha value is -1.66. The van der Waals surface area contributed by atoms with E-state index >= 15 is 0 Å². The zero-order chi connectivity index (χ0) is 13.7. The zero-order valence-corrected chi connectivity index (χ0v) is 10.3. The SMILES string of the molecule is CNC(CC(N)C(=O)O)c1ccc(OC)c(F)c1. The number of methoxy groups -OCH3 is 1. The monoisotopic (exact) mass is 256 g/mol. The predicted molar refractivity (Wildman–Crippen MR) is 65.0 cm³/mol. The molecule has 6 heteroatoms. The molecule has 0 spiro atoms. The maximum absolute atomic E-state index is 13.5. The topological polar surface area (TPSA) is 84.6 Å². The molecule has 0 amide bonds. The van der Waals surface area contributed by atoms with Crippen molar-refractivity contribution in [3.63, 3.8) is 0 Å². The molecule has 0 aliphatic heterocycles. The second-order valence-corrected chi connectivity index (χ2v) is 3.92. The number of carboxylic acids is 1. The smallest absolute Gasteiger partial charge is 0.320 e. The van der Waals surface area contributed by atoms with Gasteiger partial charge in [-0.2, -0.15) is 0 Å². The largest absolute Gasteiger partial charge is 0.494 e. The summed E-state index contributed by atoms with van der Waals surface area (Å²) >= 11 is 0. The number of hydrogen-bond donors (Lipinski definition) is 3. The molecule has 2 atom stereocenters. The number of carboxylic acid groups (broad SMARTS) is 1. The Morgan fingerprint density at radius 3 is 2.72 bits per heavy atom. The first kappa shape index (κ1) is 14.4. The second-order valence-electron chi connectivity index (χ2n) is 3.92. The van der Waals surface area contributed by atoms with E-state index in [-0.39, 0.29) is 18.2 Å². The van der Waals surface area contributed by atoms with Crippen LogP contribution in [0.15, 0.2) is 18.2 Å². The summed E-state index contributed by atoms with van der Waals surface area (Å²) in [5.41, 5.74) is 6.10. The molecular weight excluding hydrogens is 239 g/mol. The molecular formula is C12H17FN2O3. The van der Waals surface area contributed by atoms with Gasteiger partial charge in [-0.25, -0.2) is 4.39 Å². The van der Waals surface area contributed by atoms with Crippen LogP contribution in [-0.4, -0.2) is 31.3 Å². The molecule has 0 aliphatic rings. The minimum absolute atomic E-state index is 0.149. The van der Waals surface area contributed by atoms with Crippen LogP contribution >= 0.6 is 0 Å². The van der Waals surface area contributed by atoms with Crippen LogP contribution in [0.3, 0.4) is 0 Å². The molecule has 0 saturated heterocycles. The summed E-state index contributed by atoms with van der Waals surface area (Å²) in [6.07, 6.45) is 0.178. The highest BCUT2D eigenvalue weighted by atomic mass is 19.1. The normalized spacial score (nSPS) is 14.0. The van der Waals surface area contributed by atoms with Gasteiger partial charge in [-0.05, 0) is 31.2 Å². The van der Waals surface area contributed by atoms with Gasteiger partial charge in [-0.1, -0.05) is 6.07 Å². The lowest BCUT2D eigenvalue weighted by Crippen LogP contribution is -2.34. The Morgan fingerprint density at radius 1 is 1.61 bits per heavy atom. The number of ether oxygens (including phenoxy) is 1. The standard InChI is InChI=1S/C12H17FN2O3/c1-15-10(6-9(14)12(16)17)7-3-4-11(18-2)8(13)5-7/h3-5,9-10,15H,6,14H2,1-2H3,(H,16,17). The van der Waals surface area contributed by atoms with Crippen molar-refractivity contribution in [1.29, 1.82) is 0 Å². The van der Waals surface area contributed by atoms with E-state index in [1.54, 1.807) is 13.1 Å². The van der Waals surface area contributed by atoms with Crippen LogP contribution in [0, 0.1) is 5.82 Å². The minimum Gasteiger partial charge on any atom is -0.494 e. The van der Waals surface area contributed by atoms with Gasteiger partial charge >= 0.3 is 5.97 Å². The molecule has 18 heavy (non-hydrogen) atoms. The average molecular weight is 256 g/mol. The Bertz CT molecular complexity index is 426. The minimum atomic E-state index is -1.08. The summed E-state index contributed by atoms with van der Waals surface area (Å²) in [5, 5.41) is 11.7. The number of hydrogen-bond acceptors (Lipinski definition) is 4. The van der Waals surface area contributed by atoms with E-state index in [9.17, 15) is 9.18 Å². The van der Waals surface area contributed by atoms with Gasteiger partial charge in [-0.15, -0.1) is 0 Å². The Morgan fingerprint density at radius 2 is 2.28 bits per heavy atom. The van der Waals surface area contributed by atoms with Crippen molar-refractivity contribution >= 4 is 5.97 Å². The molecule has 0 bridgehead atoms. The third-order valence-corrected chi connectivity index (χ3v) is 2.73. The van der Waals surface area contributed by atoms with Crippen LogP contribution in [-0.2, 0) is 4.79 Å². The van der Waals surface area contributed by atoms with Gasteiger partial charge in [0.1, 0.15) is 6.04 Å². The zero-order valence-electron chi connectivity index (χ0n) is 10.3. The lowest BCUT2D eigenvalue weighted by molar-refractivity contribution is -0.138. The van der Waals surface area contributed by atoms with Crippen LogP contribution < -0.4 is 15.8 Å². The van der Waals surface area contributed by atoms with Crippen LogP contribution in [0.2, 0.25) is 0 Å². The fraction of sp³-hybridized carbons (Fsp3) is 0.417. The number of benzene rings is 1. The second kappa shape index (κ2) is 6.32. The first-order valence-corrected chi connectivity index (χ1v) is 5.48. The number of halogens is 1. The quantitative estimate of drug-likeness (QED) is 0.704. The average Bonchev–Trinajstić information content (AvgIpc) is 2.35. The molecule has 0 saturated carbocycles. The molecule has 0 aliphatic carbocycles. The Labute approximate surface area is 105 Å². The van der Waals surface area contributed by atoms with Gasteiger partial charge in [-0.3, -0.25) is 4.79 Å². The maximum Gasteiger partial charge on any atom is 0.320 e. The summed E-state index contributed by atoms with van der Waals surface area (Å²) in [7, 11) is 3.05. The molecule has 0 heterocycles. The Kier molecular flexibility index (Phi) is 5.06. The molecule has 100 valence electrons. The summed E-state index contributed by atoms with van der Waals surface area (Å²) in [6, 6.07) is 3.18. The van der Waals surface area contributed by atoms with E-state index in [0.29, 0.717) is 5.56 Å². The molecule has 1 rings (SSSR count). The van der Waals surface area contributed by atoms with E-state index in [2.05, 4.69) is 5.32 Å². The lowest BCUT2D eigenvalue weighted by atomic mass is 9.99. The van der Waals surface area contributed by atoms with E-state index < -0.39 is 17.8 Å². The van der Waals surface area contributed by atoms with E-state index in [1.807, 2.05) is 0 Å². The van der Waals surface area contributed by atoms with Crippen molar-refractivity contribution < 1.29 is 19.0 Å². The number of nitrogens with two attached hydrogens (primary N) is 1. The van der Waals surface area contributed by atoms with Crippen LogP contribution in [0.1, 0.15) is 18.0 Å².